The van der Waals surface area contributed by atoms with Crippen LogP contribution in [0.4, 0.5) is 4.39 Å². The average Bonchev–Trinajstić information content (AvgIpc) is 3.21. The van der Waals surface area contributed by atoms with Crippen LogP contribution in [0.2, 0.25) is 0 Å². The fraction of sp³-hybridized carbons (Fsp3) is 0.107. The number of fused-ring (bicyclic) bond motifs is 1. The smallest absolute Gasteiger partial charge is 0.150 e. The Morgan fingerprint density at radius 3 is 1.69 bits per heavy atom. The van der Waals surface area contributed by atoms with E-state index in [0.717, 1.165) is 27.8 Å². The second kappa shape index (κ2) is 8.36. The van der Waals surface area contributed by atoms with Crippen molar-refractivity contribution in [1.29, 1.82) is 0 Å². The normalized spacial score (nSPS) is 11.7. The minimum atomic E-state index is -0.843. The minimum absolute atomic E-state index is 0.297. The number of halogens is 2. The molecule has 0 aliphatic rings. The van der Waals surface area contributed by atoms with Crippen LogP contribution in [0, 0.1) is 5.82 Å². The maximum atomic E-state index is 15.6. The van der Waals surface area contributed by atoms with Gasteiger partial charge in [0, 0.05) is 9.86 Å². The van der Waals surface area contributed by atoms with E-state index in [1.165, 1.54) is 6.07 Å². The zero-order valence-corrected chi connectivity index (χ0v) is 19.3. The van der Waals surface area contributed by atoms with Gasteiger partial charge >= 0.3 is 0 Å². The van der Waals surface area contributed by atoms with E-state index >= 15 is 4.39 Å². The molecule has 0 radical (unpaired) electrons. The first-order valence-electron chi connectivity index (χ1n) is 10.7. The standard InChI is InChI=1S/C28H22BrFN2/c1-2-26-24-18-23(29)19-25(30)27(24)32(31-26)28(20-12-6-3-7-13-20,21-14-8-4-9-15-21)22-16-10-5-11-17-22/h3-19H,2H2,1H3. The van der Waals surface area contributed by atoms with E-state index < -0.39 is 5.54 Å². The van der Waals surface area contributed by atoms with Gasteiger partial charge < -0.3 is 0 Å². The molecule has 0 saturated carbocycles. The zero-order valence-electron chi connectivity index (χ0n) is 17.7. The number of nitrogens with zero attached hydrogens (tertiary/aromatic N) is 2. The SMILES string of the molecule is CCc1nn(C(c2ccccc2)(c2ccccc2)c2ccccc2)c2c(F)cc(Br)cc12. The first kappa shape index (κ1) is 20.7. The zero-order chi connectivity index (χ0) is 22.1. The molecule has 0 atom stereocenters. The molecule has 32 heavy (non-hydrogen) atoms. The first-order valence-corrected chi connectivity index (χ1v) is 11.5. The van der Waals surface area contributed by atoms with Crippen LogP contribution < -0.4 is 0 Å². The number of rotatable bonds is 5. The summed E-state index contributed by atoms with van der Waals surface area (Å²) in [6.45, 7) is 2.06. The number of aromatic nitrogens is 2. The van der Waals surface area contributed by atoms with E-state index in [1.807, 2.05) is 65.3 Å². The lowest BCUT2D eigenvalue weighted by atomic mass is 9.77. The van der Waals surface area contributed by atoms with Crippen molar-refractivity contribution in [2.24, 2.45) is 0 Å². The molecule has 4 heteroatoms. The molecule has 2 nitrogen and oxygen atoms in total. The Kier molecular flexibility index (Phi) is 5.40. The maximum Gasteiger partial charge on any atom is 0.150 e. The summed E-state index contributed by atoms with van der Waals surface area (Å²) in [6.07, 6.45) is 0.702. The van der Waals surface area contributed by atoms with E-state index in [-0.39, 0.29) is 5.82 Å². The van der Waals surface area contributed by atoms with Gasteiger partial charge in [0.25, 0.3) is 0 Å². The van der Waals surface area contributed by atoms with Crippen LogP contribution in [0.1, 0.15) is 29.3 Å². The molecule has 0 amide bonds. The molecule has 0 aliphatic heterocycles. The largest absolute Gasteiger partial charge is 0.242 e. The summed E-state index contributed by atoms with van der Waals surface area (Å²) in [7, 11) is 0. The van der Waals surface area contributed by atoms with Gasteiger partial charge in [-0.25, -0.2) is 9.07 Å². The Morgan fingerprint density at radius 1 is 0.781 bits per heavy atom. The number of hydrogen-bond donors (Lipinski definition) is 0. The van der Waals surface area contributed by atoms with Crippen LogP contribution in [-0.2, 0) is 12.0 Å². The third kappa shape index (κ3) is 3.18. The summed E-state index contributed by atoms with van der Waals surface area (Å²) in [5.41, 5.74) is 3.59. The van der Waals surface area contributed by atoms with Crippen molar-refractivity contribution >= 4 is 26.8 Å². The van der Waals surface area contributed by atoms with Gasteiger partial charge in [-0.2, -0.15) is 5.10 Å². The van der Waals surface area contributed by atoms with Gasteiger partial charge in [-0.1, -0.05) is 114 Å². The molecule has 1 heterocycles. The summed E-state index contributed by atoms with van der Waals surface area (Å²) < 4.78 is 18.2. The highest BCUT2D eigenvalue weighted by molar-refractivity contribution is 9.10. The summed E-state index contributed by atoms with van der Waals surface area (Å²) in [6, 6.07) is 34.2. The van der Waals surface area contributed by atoms with E-state index in [4.69, 9.17) is 5.10 Å². The van der Waals surface area contributed by atoms with Crippen molar-refractivity contribution in [3.63, 3.8) is 0 Å². The summed E-state index contributed by atoms with van der Waals surface area (Å²) in [4.78, 5) is 0. The predicted octanol–water partition coefficient (Wildman–Crippen LogP) is 7.34. The lowest BCUT2D eigenvalue weighted by molar-refractivity contribution is 0.464. The lowest BCUT2D eigenvalue weighted by Crippen LogP contribution is -2.38. The Hall–Kier alpha value is -3.24. The van der Waals surface area contributed by atoms with Gasteiger partial charge in [-0.3, -0.25) is 0 Å². The molecule has 0 saturated heterocycles. The van der Waals surface area contributed by atoms with Crippen LogP contribution in [-0.4, -0.2) is 9.78 Å². The molecule has 5 aromatic rings. The molecule has 4 aromatic carbocycles. The number of benzene rings is 4. The molecule has 158 valence electrons. The third-order valence-corrected chi connectivity index (χ3v) is 6.46. The maximum absolute atomic E-state index is 15.6. The van der Waals surface area contributed by atoms with Crippen molar-refractivity contribution in [3.05, 3.63) is 136 Å². The molecule has 0 N–H and O–H groups in total. The molecule has 5 rings (SSSR count). The fourth-order valence-corrected chi connectivity index (χ4v) is 5.06. The van der Waals surface area contributed by atoms with Crippen molar-refractivity contribution in [2.45, 2.75) is 18.9 Å². The van der Waals surface area contributed by atoms with E-state index in [2.05, 4.69) is 59.3 Å². The quantitative estimate of drug-likeness (QED) is 0.238. The van der Waals surface area contributed by atoms with Gasteiger partial charge in [0.2, 0.25) is 0 Å². The van der Waals surface area contributed by atoms with Gasteiger partial charge in [0.05, 0.1) is 5.69 Å². The molecular formula is C28H22BrFN2. The molecule has 0 bridgehead atoms. The number of hydrogen-bond acceptors (Lipinski definition) is 1. The Bertz CT molecular complexity index is 1270. The third-order valence-electron chi connectivity index (χ3n) is 6.00. The van der Waals surface area contributed by atoms with Crippen LogP contribution >= 0.6 is 15.9 Å². The summed E-state index contributed by atoms with van der Waals surface area (Å²) in [5.74, 6) is -0.297. The van der Waals surface area contributed by atoms with Gasteiger partial charge in [0.1, 0.15) is 16.9 Å². The molecule has 0 unspecified atom stereocenters. The predicted molar refractivity (Wildman–Crippen MR) is 131 cm³/mol. The molecule has 0 spiro atoms. The molecule has 0 aliphatic carbocycles. The summed E-state index contributed by atoms with van der Waals surface area (Å²) in [5, 5.41) is 5.89. The van der Waals surface area contributed by atoms with Crippen molar-refractivity contribution in [3.8, 4) is 0 Å². The highest BCUT2D eigenvalue weighted by Crippen LogP contribution is 2.43. The van der Waals surface area contributed by atoms with Crippen LogP contribution in [0.25, 0.3) is 10.9 Å². The Balaban J connectivity index is 2.01. The fourth-order valence-electron chi connectivity index (χ4n) is 4.63. The van der Waals surface area contributed by atoms with Crippen LogP contribution in [0.3, 0.4) is 0 Å². The van der Waals surface area contributed by atoms with E-state index in [9.17, 15) is 0 Å². The van der Waals surface area contributed by atoms with Crippen molar-refractivity contribution < 1.29 is 4.39 Å². The van der Waals surface area contributed by atoms with Gasteiger partial charge in [0.15, 0.2) is 0 Å². The first-order chi connectivity index (χ1) is 15.7. The van der Waals surface area contributed by atoms with E-state index in [0.29, 0.717) is 16.4 Å². The summed E-state index contributed by atoms with van der Waals surface area (Å²) >= 11 is 3.46. The minimum Gasteiger partial charge on any atom is -0.242 e. The van der Waals surface area contributed by atoms with E-state index in [1.54, 1.807) is 0 Å². The van der Waals surface area contributed by atoms with Crippen LogP contribution in [0.15, 0.2) is 108 Å². The molecular weight excluding hydrogens is 463 g/mol. The van der Waals surface area contributed by atoms with Crippen molar-refractivity contribution in [2.75, 3.05) is 0 Å². The topological polar surface area (TPSA) is 17.8 Å². The Labute approximate surface area is 195 Å². The second-order valence-electron chi connectivity index (χ2n) is 7.80. The van der Waals surface area contributed by atoms with Crippen LogP contribution in [0.5, 0.6) is 0 Å². The highest BCUT2D eigenvalue weighted by atomic mass is 79.9. The molecule has 0 fully saturated rings. The monoisotopic (exact) mass is 484 g/mol. The number of aryl methyl sites for hydroxylation is 1. The van der Waals surface area contributed by atoms with Crippen molar-refractivity contribution in [1.82, 2.24) is 9.78 Å². The second-order valence-corrected chi connectivity index (χ2v) is 8.72. The molecule has 1 aromatic heterocycles. The highest BCUT2D eigenvalue weighted by Gasteiger charge is 2.41. The average molecular weight is 485 g/mol. The lowest BCUT2D eigenvalue weighted by Gasteiger charge is -2.37. The van der Waals surface area contributed by atoms with Gasteiger partial charge in [-0.15, -0.1) is 0 Å². The van der Waals surface area contributed by atoms with Gasteiger partial charge in [-0.05, 0) is 35.2 Å². The Morgan fingerprint density at radius 2 is 1.25 bits per heavy atom.